The van der Waals surface area contributed by atoms with Gasteiger partial charge in [0.2, 0.25) is 0 Å². The Labute approximate surface area is 279 Å². The first kappa shape index (κ1) is 33.5. The largest absolute Gasteiger partial charge is 0.355 e. The molecule has 0 atom stereocenters. The molecule has 0 unspecified atom stereocenters. The first-order valence-electron chi connectivity index (χ1n) is 14.0. The molecule has 6 rings (SSSR count). The molecule has 0 heterocycles. The monoisotopic (exact) mass is 717 g/mol. The summed E-state index contributed by atoms with van der Waals surface area (Å²) >= 11 is 0. The molecule has 0 aromatic heterocycles. The van der Waals surface area contributed by atoms with Crippen LogP contribution in [0.1, 0.15) is 0 Å². The van der Waals surface area contributed by atoms with E-state index >= 15 is 0 Å². The van der Waals surface area contributed by atoms with E-state index in [1.807, 2.05) is 6.07 Å². The van der Waals surface area contributed by atoms with Crippen molar-refractivity contribution >= 4 is 86.0 Å². The van der Waals surface area contributed by atoms with Crippen LogP contribution in [-0.2, 0) is 30.4 Å². The third kappa shape index (κ3) is 7.36. The summed E-state index contributed by atoms with van der Waals surface area (Å²) in [5, 5.41) is 21.2. The number of benzene rings is 6. The normalized spacial score (nSPS) is 12.7. The quantitative estimate of drug-likeness (QED) is 0.0826. The summed E-state index contributed by atoms with van der Waals surface area (Å²) < 4.78 is 100. The highest BCUT2D eigenvalue weighted by Gasteiger charge is 2.19. The molecule has 14 nitrogen and oxygen atoms in total. The first-order valence-corrected chi connectivity index (χ1v) is 18.3. The molecule has 0 aliphatic heterocycles. The minimum atomic E-state index is -4.66. The number of hydrogen-bond acceptors (Lipinski definition) is 11. The second-order valence-corrected chi connectivity index (χ2v) is 14.7. The van der Waals surface area contributed by atoms with Gasteiger partial charge in [0, 0.05) is 32.9 Å². The summed E-state index contributed by atoms with van der Waals surface area (Å²) in [6.45, 7) is 0. The Bertz CT molecular complexity index is 2650. The highest BCUT2D eigenvalue weighted by atomic mass is 32.2. The fraction of sp³-hybridized carbons (Fsp3) is 0. The van der Waals surface area contributed by atoms with Gasteiger partial charge in [-0.25, -0.2) is 0 Å². The van der Waals surface area contributed by atoms with Gasteiger partial charge < -0.3 is 5.32 Å². The lowest BCUT2D eigenvalue weighted by Crippen LogP contribution is -2.01. The Morgan fingerprint density at radius 1 is 0.469 bits per heavy atom. The number of rotatable bonds is 9. The van der Waals surface area contributed by atoms with Crippen LogP contribution in [0.5, 0.6) is 0 Å². The molecule has 4 N–H and O–H groups in total. The van der Waals surface area contributed by atoms with E-state index in [2.05, 4.69) is 25.8 Å². The fourth-order valence-electron chi connectivity index (χ4n) is 4.98. The zero-order valence-corrected chi connectivity index (χ0v) is 27.2. The molecular weight excluding hydrogens is 695 g/mol. The van der Waals surface area contributed by atoms with E-state index in [1.54, 1.807) is 42.5 Å². The molecule has 17 heteroatoms. The number of fused-ring (bicyclic) bond motifs is 2. The average Bonchev–Trinajstić information content (AvgIpc) is 3.06. The molecule has 49 heavy (non-hydrogen) atoms. The molecule has 0 fully saturated rings. The van der Waals surface area contributed by atoms with Gasteiger partial charge >= 0.3 is 0 Å². The molecule has 0 aliphatic rings. The Morgan fingerprint density at radius 3 is 1.67 bits per heavy atom. The zero-order chi connectivity index (χ0) is 35.0. The number of nitrogens with zero attached hydrogens (tertiary/aromatic N) is 4. The lowest BCUT2D eigenvalue weighted by molar-refractivity contribution is 0.481. The van der Waals surface area contributed by atoms with Crippen molar-refractivity contribution in [3.05, 3.63) is 115 Å². The zero-order valence-electron chi connectivity index (χ0n) is 24.8. The minimum absolute atomic E-state index is 0.155. The molecule has 0 radical (unpaired) electrons. The van der Waals surface area contributed by atoms with Gasteiger partial charge in [-0.3, -0.25) is 13.7 Å². The predicted molar refractivity (Wildman–Crippen MR) is 182 cm³/mol. The van der Waals surface area contributed by atoms with E-state index in [0.29, 0.717) is 22.1 Å². The van der Waals surface area contributed by atoms with Crippen LogP contribution in [0.3, 0.4) is 0 Å². The van der Waals surface area contributed by atoms with Crippen molar-refractivity contribution in [1.29, 1.82) is 0 Å². The van der Waals surface area contributed by atoms with Crippen molar-refractivity contribution in [1.82, 2.24) is 0 Å². The Balaban J connectivity index is 1.46. The SMILES string of the molecule is O=S(=O)(O)c1ccc(N=Nc2ccc(N=Nc3ccc(Nc4ccccc4)c4c(S(=O)(=O)O)cccc34)c3cc(S(=O)(=O)O)ccc23)cc1. The minimum Gasteiger partial charge on any atom is -0.355 e. The van der Waals surface area contributed by atoms with E-state index in [-0.39, 0.29) is 43.3 Å². The van der Waals surface area contributed by atoms with Crippen molar-refractivity contribution in [2.24, 2.45) is 20.5 Å². The van der Waals surface area contributed by atoms with E-state index in [1.165, 1.54) is 54.6 Å². The Hall–Kier alpha value is -5.43. The van der Waals surface area contributed by atoms with E-state index in [0.717, 1.165) is 12.1 Å². The smallest absolute Gasteiger partial charge is 0.295 e. The van der Waals surface area contributed by atoms with Crippen LogP contribution in [0.2, 0.25) is 0 Å². The summed E-state index contributed by atoms with van der Waals surface area (Å²) in [5.74, 6) is 0. The van der Waals surface area contributed by atoms with Crippen LogP contribution in [0, 0.1) is 0 Å². The maximum atomic E-state index is 12.4. The van der Waals surface area contributed by atoms with E-state index < -0.39 is 35.2 Å². The second-order valence-electron chi connectivity index (χ2n) is 10.4. The van der Waals surface area contributed by atoms with Crippen molar-refractivity contribution in [3.8, 4) is 0 Å². The second kappa shape index (κ2) is 12.9. The summed E-state index contributed by atoms with van der Waals surface area (Å²) in [6.07, 6.45) is 0. The van der Waals surface area contributed by atoms with Crippen LogP contribution >= 0.6 is 0 Å². The van der Waals surface area contributed by atoms with Crippen LogP contribution in [0.15, 0.2) is 150 Å². The lowest BCUT2D eigenvalue weighted by Gasteiger charge is -2.14. The summed E-state index contributed by atoms with van der Waals surface area (Å²) in [5.41, 5.74) is 1.92. The average molecular weight is 718 g/mol. The molecule has 0 saturated carbocycles. The molecule has 0 spiro atoms. The van der Waals surface area contributed by atoms with Gasteiger partial charge in [-0.1, -0.05) is 36.4 Å². The molecule has 6 aromatic carbocycles. The molecule has 0 bridgehead atoms. The van der Waals surface area contributed by atoms with Crippen molar-refractivity contribution in [2.45, 2.75) is 14.7 Å². The maximum absolute atomic E-state index is 12.4. The predicted octanol–water partition coefficient (Wildman–Crippen LogP) is 8.31. The molecule has 248 valence electrons. The van der Waals surface area contributed by atoms with Gasteiger partial charge in [0.25, 0.3) is 30.4 Å². The number of anilines is 2. The number of para-hydroxylation sites is 1. The number of azo groups is 2. The summed E-state index contributed by atoms with van der Waals surface area (Å²) in [6, 6.07) is 28.2. The number of nitrogens with one attached hydrogen (secondary N) is 1. The van der Waals surface area contributed by atoms with Crippen molar-refractivity contribution < 1.29 is 38.9 Å². The van der Waals surface area contributed by atoms with Crippen LogP contribution in [0.4, 0.5) is 34.1 Å². The third-order valence-electron chi connectivity index (χ3n) is 7.22. The van der Waals surface area contributed by atoms with Crippen LogP contribution < -0.4 is 5.32 Å². The molecular formula is C32H23N5O9S3. The first-order chi connectivity index (χ1) is 23.2. The Morgan fingerprint density at radius 2 is 1.04 bits per heavy atom. The molecule has 0 aliphatic carbocycles. The lowest BCUT2D eigenvalue weighted by atomic mass is 10.1. The van der Waals surface area contributed by atoms with Gasteiger partial charge in [-0.2, -0.15) is 30.4 Å². The van der Waals surface area contributed by atoms with Gasteiger partial charge in [-0.05, 0) is 78.9 Å². The Kier molecular flexibility index (Phi) is 8.80. The number of hydrogen-bond donors (Lipinski definition) is 4. The third-order valence-corrected chi connectivity index (χ3v) is 9.84. The van der Waals surface area contributed by atoms with Crippen molar-refractivity contribution in [2.75, 3.05) is 5.32 Å². The van der Waals surface area contributed by atoms with Crippen LogP contribution in [-0.4, -0.2) is 38.9 Å². The van der Waals surface area contributed by atoms with Gasteiger partial charge in [-0.15, -0.1) is 15.3 Å². The standard InChI is InChI=1S/C32H23N5O9S3/c38-47(39,40)22-11-9-21(10-12-22)34-35-27-15-16-29(26-19-23(48(41,42)43)13-14-24(26)27)37-36-28-17-18-30(33-20-5-2-1-3-6-20)32-25(28)7-4-8-31(32)49(44,45)46/h1-19,33H,(H,38,39,40)(H,41,42,43)(H,44,45,46). The van der Waals surface area contributed by atoms with Gasteiger partial charge in [0.1, 0.15) is 4.90 Å². The summed E-state index contributed by atoms with van der Waals surface area (Å²) in [4.78, 5) is -1.11. The van der Waals surface area contributed by atoms with E-state index in [4.69, 9.17) is 0 Å². The molecule has 0 amide bonds. The molecule has 0 saturated heterocycles. The highest BCUT2D eigenvalue weighted by molar-refractivity contribution is 7.86. The summed E-state index contributed by atoms with van der Waals surface area (Å²) in [7, 11) is -13.7. The van der Waals surface area contributed by atoms with E-state index in [9.17, 15) is 38.9 Å². The van der Waals surface area contributed by atoms with Gasteiger partial charge in [0.15, 0.2) is 0 Å². The van der Waals surface area contributed by atoms with Crippen molar-refractivity contribution in [3.63, 3.8) is 0 Å². The molecule has 6 aromatic rings. The highest BCUT2D eigenvalue weighted by Crippen LogP contribution is 2.40. The van der Waals surface area contributed by atoms with Gasteiger partial charge in [0.05, 0.1) is 32.5 Å². The topological polar surface area (TPSA) is 225 Å². The van der Waals surface area contributed by atoms with Crippen LogP contribution in [0.25, 0.3) is 21.5 Å². The fourth-order valence-corrected chi connectivity index (χ4v) is 6.69. The maximum Gasteiger partial charge on any atom is 0.295 e.